The van der Waals surface area contributed by atoms with Crippen LogP contribution in [-0.2, 0) is 0 Å². The van der Waals surface area contributed by atoms with Gasteiger partial charge in [-0.15, -0.1) is 12.4 Å². The molecule has 0 aliphatic rings. The molecule has 0 spiro atoms. The van der Waals surface area contributed by atoms with E-state index >= 15 is 0 Å². The van der Waals surface area contributed by atoms with Crippen LogP contribution in [0.3, 0.4) is 0 Å². The van der Waals surface area contributed by atoms with E-state index in [2.05, 4.69) is 9.97 Å². The van der Waals surface area contributed by atoms with Crippen LogP contribution in [0.1, 0.15) is 16.2 Å². The highest BCUT2D eigenvalue weighted by molar-refractivity contribution is 7.22. The lowest BCUT2D eigenvalue weighted by atomic mass is 10.3. The topological polar surface area (TPSA) is 53.7 Å². The monoisotopic (exact) mass is 451 g/mol. The molecule has 0 saturated heterocycles. The van der Waals surface area contributed by atoms with Gasteiger partial charge in [-0.3, -0.25) is 14.1 Å². The van der Waals surface area contributed by atoms with Gasteiger partial charge in [0.2, 0.25) is 0 Å². The van der Waals surface area contributed by atoms with E-state index in [4.69, 9.17) is 0 Å². The van der Waals surface area contributed by atoms with Crippen molar-refractivity contribution in [3.05, 3.63) is 59.6 Å². The van der Waals surface area contributed by atoms with Crippen molar-refractivity contribution in [3.63, 3.8) is 0 Å². The zero-order valence-electron chi connectivity index (χ0n) is 16.6. The lowest BCUT2D eigenvalue weighted by Crippen LogP contribution is -2.37. The van der Waals surface area contributed by atoms with Gasteiger partial charge in [0.15, 0.2) is 10.9 Å². The van der Waals surface area contributed by atoms with Gasteiger partial charge in [0.05, 0.1) is 10.4 Å². The van der Waals surface area contributed by atoms with Gasteiger partial charge in [0, 0.05) is 25.4 Å². The summed E-state index contributed by atoms with van der Waals surface area (Å²) in [4.78, 5) is 25.7. The van der Waals surface area contributed by atoms with Crippen molar-refractivity contribution in [1.29, 1.82) is 0 Å². The van der Waals surface area contributed by atoms with Crippen molar-refractivity contribution in [2.24, 2.45) is 0 Å². The number of carbonyl (C=O) groups is 1. The molecule has 0 atom stereocenters. The number of carbonyl (C=O) groups excluding carboxylic acids is 1. The second-order valence-electron chi connectivity index (χ2n) is 6.97. The number of benzene rings is 1. The Bertz CT molecular complexity index is 1220. The lowest BCUT2D eigenvalue weighted by Gasteiger charge is -2.22. The fraction of sp³-hybridized carbons (Fsp3) is 0.250. The normalized spacial score (nSPS) is 11.3. The maximum absolute atomic E-state index is 14.2. The Balaban J connectivity index is 0.00000256. The predicted molar refractivity (Wildman–Crippen MR) is 117 cm³/mol. The van der Waals surface area contributed by atoms with Crippen molar-refractivity contribution in [2.45, 2.75) is 6.92 Å². The van der Waals surface area contributed by atoms with Crippen LogP contribution in [0.2, 0.25) is 0 Å². The standard InChI is InChI=1S/C20H19F2N5OS.ClH/c1-12-18(26-7-5-4-6-16(26)23-12)19(28)27(9-8-25(2)3)20-24-17-14(22)10-13(21)11-15(17)29-20;/h4-7,10-11H,8-9H2,1-3H3;1H. The summed E-state index contributed by atoms with van der Waals surface area (Å²) in [6.45, 7) is 2.70. The zero-order chi connectivity index (χ0) is 20.7. The highest BCUT2D eigenvalue weighted by Crippen LogP contribution is 2.32. The molecule has 0 aliphatic carbocycles. The molecule has 158 valence electrons. The molecule has 4 aromatic rings. The van der Waals surface area contributed by atoms with E-state index in [9.17, 15) is 13.6 Å². The number of nitrogens with zero attached hydrogens (tertiary/aromatic N) is 5. The first-order valence-corrected chi connectivity index (χ1v) is 9.82. The third-order valence-corrected chi connectivity index (χ3v) is 5.58. The molecule has 0 aliphatic heterocycles. The third-order valence-electron chi connectivity index (χ3n) is 4.56. The summed E-state index contributed by atoms with van der Waals surface area (Å²) in [7, 11) is 3.80. The van der Waals surface area contributed by atoms with Crippen LogP contribution in [0.25, 0.3) is 15.9 Å². The van der Waals surface area contributed by atoms with Gasteiger partial charge in [-0.2, -0.15) is 0 Å². The molecule has 1 aromatic carbocycles. The molecule has 30 heavy (non-hydrogen) atoms. The molecule has 3 aromatic heterocycles. The minimum atomic E-state index is -0.742. The average Bonchev–Trinajstić information content (AvgIpc) is 3.21. The quantitative estimate of drug-likeness (QED) is 0.457. The number of hydrogen-bond donors (Lipinski definition) is 0. The number of aromatic nitrogens is 3. The zero-order valence-corrected chi connectivity index (χ0v) is 18.2. The van der Waals surface area contributed by atoms with Gasteiger partial charge >= 0.3 is 0 Å². The number of amides is 1. The Morgan fingerprint density at radius 2 is 1.93 bits per heavy atom. The van der Waals surface area contributed by atoms with Crippen molar-refractivity contribution >= 4 is 50.6 Å². The van der Waals surface area contributed by atoms with Gasteiger partial charge < -0.3 is 4.90 Å². The number of pyridine rings is 1. The van der Waals surface area contributed by atoms with E-state index in [0.717, 1.165) is 17.4 Å². The van der Waals surface area contributed by atoms with Crippen LogP contribution in [0.15, 0.2) is 36.5 Å². The minimum absolute atomic E-state index is 0. The maximum Gasteiger partial charge on any atom is 0.279 e. The summed E-state index contributed by atoms with van der Waals surface area (Å²) in [5, 5.41) is 0.321. The molecular formula is C20H20ClF2N5OS. The van der Waals surface area contributed by atoms with E-state index in [0.29, 0.717) is 40.0 Å². The van der Waals surface area contributed by atoms with Crippen molar-refractivity contribution in [1.82, 2.24) is 19.3 Å². The molecule has 1 amide bonds. The SMILES string of the molecule is Cc1nc2ccccn2c1C(=O)N(CCN(C)C)c1nc2c(F)cc(F)cc2s1.Cl. The molecule has 0 radical (unpaired) electrons. The number of fused-ring (bicyclic) bond motifs is 2. The Kier molecular flexibility index (Phi) is 6.35. The Morgan fingerprint density at radius 1 is 1.17 bits per heavy atom. The first-order valence-electron chi connectivity index (χ1n) is 9.01. The number of likely N-dealkylation sites (N-methyl/N-ethyl adjacent to an activating group) is 1. The van der Waals surface area contributed by atoms with E-state index in [1.165, 1.54) is 11.0 Å². The fourth-order valence-electron chi connectivity index (χ4n) is 3.14. The van der Waals surface area contributed by atoms with Crippen LogP contribution in [0.5, 0.6) is 0 Å². The molecule has 4 rings (SSSR count). The summed E-state index contributed by atoms with van der Waals surface area (Å²) >= 11 is 1.09. The van der Waals surface area contributed by atoms with Gasteiger partial charge in [0.1, 0.15) is 22.7 Å². The number of thiazole rings is 1. The number of aryl methyl sites for hydroxylation is 1. The second-order valence-corrected chi connectivity index (χ2v) is 7.97. The van der Waals surface area contributed by atoms with Gasteiger partial charge in [-0.25, -0.2) is 18.7 Å². The van der Waals surface area contributed by atoms with E-state index < -0.39 is 11.6 Å². The highest BCUT2D eigenvalue weighted by Gasteiger charge is 2.26. The molecule has 0 bridgehead atoms. The van der Waals surface area contributed by atoms with E-state index in [1.807, 2.05) is 37.2 Å². The molecule has 10 heteroatoms. The molecule has 0 unspecified atom stereocenters. The van der Waals surface area contributed by atoms with Crippen LogP contribution in [-0.4, -0.2) is 52.4 Å². The van der Waals surface area contributed by atoms with Crippen LogP contribution >= 0.6 is 23.7 Å². The predicted octanol–water partition coefficient (Wildman–Crippen LogP) is 4.16. The first-order chi connectivity index (χ1) is 13.8. The third kappa shape index (κ3) is 4.00. The smallest absolute Gasteiger partial charge is 0.279 e. The maximum atomic E-state index is 14.2. The summed E-state index contributed by atoms with van der Waals surface area (Å²) < 4.78 is 29.9. The fourth-order valence-corrected chi connectivity index (χ4v) is 4.17. The average molecular weight is 452 g/mol. The summed E-state index contributed by atoms with van der Waals surface area (Å²) in [6, 6.07) is 7.53. The molecule has 0 fully saturated rings. The second kappa shape index (κ2) is 8.63. The Labute approximate surface area is 182 Å². The summed E-state index contributed by atoms with van der Waals surface area (Å²) in [6.07, 6.45) is 1.78. The number of hydrogen-bond acceptors (Lipinski definition) is 5. The van der Waals surface area contributed by atoms with Crippen molar-refractivity contribution in [2.75, 3.05) is 32.1 Å². The number of halogens is 3. The number of imidazole rings is 1. The molecule has 6 nitrogen and oxygen atoms in total. The number of anilines is 1. The van der Waals surface area contributed by atoms with Crippen LogP contribution in [0, 0.1) is 18.6 Å². The van der Waals surface area contributed by atoms with Crippen molar-refractivity contribution < 1.29 is 13.6 Å². The highest BCUT2D eigenvalue weighted by atomic mass is 35.5. The molecule has 3 heterocycles. The minimum Gasteiger partial charge on any atom is -0.308 e. The van der Waals surface area contributed by atoms with Gasteiger partial charge in [-0.05, 0) is 39.2 Å². The van der Waals surface area contributed by atoms with Gasteiger partial charge in [-0.1, -0.05) is 17.4 Å². The van der Waals surface area contributed by atoms with E-state index in [1.54, 1.807) is 17.5 Å². The van der Waals surface area contributed by atoms with Crippen LogP contribution < -0.4 is 4.90 Å². The Hall–Kier alpha value is -2.62. The first kappa shape index (κ1) is 22.1. The molecule has 0 saturated carbocycles. The summed E-state index contributed by atoms with van der Waals surface area (Å²) in [5.41, 5.74) is 1.74. The van der Waals surface area contributed by atoms with Crippen molar-refractivity contribution in [3.8, 4) is 0 Å². The lowest BCUT2D eigenvalue weighted by molar-refractivity contribution is 0.0979. The Morgan fingerprint density at radius 3 is 2.67 bits per heavy atom. The van der Waals surface area contributed by atoms with E-state index in [-0.39, 0.29) is 23.8 Å². The number of rotatable bonds is 5. The molecular weight excluding hydrogens is 432 g/mol. The van der Waals surface area contributed by atoms with Crippen LogP contribution in [0.4, 0.5) is 13.9 Å². The molecule has 0 N–H and O–H groups in total. The van der Waals surface area contributed by atoms with Gasteiger partial charge in [0.25, 0.3) is 5.91 Å². The largest absolute Gasteiger partial charge is 0.308 e. The summed E-state index contributed by atoms with van der Waals surface area (Å²) in [5.74, 6) is -1.70.